The van der Waals surface area contributed by atoms with Crippen LogP contribution >= 0.6 is 11.8 Å². The van der Waals surface area contributed by atoms with Crippen molar-refractivity contribution in [2.45, 2.75) is 32.1 Å². The van der Waals surface area contributed by atoms with Crippen LogP contribution in [0.5, 0.6) is 0 Å². The number of aliphatic hydroxyl groups is 1. The molecular formula is C14H21NO2S. The van der Waals surface area contributed by atoms with E-state index in [-0.39, 0.29) is 12.0 Å². The van der Waals surface area contributed by atoms with Crippen molar-refractivity contribution >= 4 is 17.7 Å². The van der Waals surface area contributed by atoms with Gasteiger partial charge in [0.1, 0.15) is 0 Å². The third kappa shape index (κ3) is 6.67. The number of amides is 1. The standard InChI is InChI=1S/C14H21NO2S/c1-11-3-5-13(6-4-11)9-18-10-14(17)15-8-7-12(2)16/h3-6,12,16H,7-10H2,1-2H3,(H,15,17). The van der Waals surface area contributed by atoms with Crippen LogP contribution in [-0.2, 0) is 10.5 Å². The van der Waals surface area contributed by atoms with E-state index >= 15 is 0 Å². The Kier molecular flexibility index (Phi) is 6.83. The molecule has 0 saturated carbocycles. The highest BCUT2D eigenvalue weighted by atomic mass is 32.2. The Morgan fingerprint density at radius 3 is 2.67 bits per heavy atom. The van der Waals surface area contributed by atoms with Crippen molar-refractivity contribution in [2.75, 3.05) is 12.3 Å². The van der Waals surface area contributed by atoms with E-state index in [9.17, 15) is 4.79 Å². The van der Waals surface area contributed by atoms with Gasteiger partial charge in [0.15, 0.2) is 0 Å². The summed E-state index contributed by atoms with van der Waals surface area (Å²) < 4.78 is 0. The molecule has 2 N–H and O–H groups in total. The lowest BCUT2D eigenvalue weighted by Crippen LogP contribution is -2.28. The van der Waals surface area contributed by atoms with Crippen LogP contribution in [0.4, 0.5) is 0 Å². The molecule has 4 heteroatoms. The predicted octanol–water partition coefficient (Wildman–Crippen LogP) is 2.12. The highest BCUT2D eigenvalue weighted by Gasteiger charge is 2.02. The van der Waals surface area contributed by atoms with Gasteiger partial charge < -0.3 is 10.4 Å². The maximum absolute atomic E-state index is 11.5. The van der Waals surface area contributed by atoms with E-state index in [0.717, 1.165) is 5.75 Å². The fraction of sp³-hybridized carbons (Fsp3) is 0.500. The number of hydrogen-bond donors (Lipinski definition) is 2. The molecular weight excluding hydrogens is 246 g/mol. The fourth-order valence-electron chi connectivity index (χ4n) is 1.42. The van der Waals surface area contributed by atoms with Crippen molar-refractivity contribution in [1.29, 1.82) is 0 Å². The number of hydrogen-bond acceptors (Lipinski definition) is 3. The number of carbonyl (C=O) groups excluding carboxylic acids is 1. The van der Waals surface area contributed by atoms with Crippen LogP contribution in [0.2, 0.25) is 0 Å². The van der Waals surface area contributed by atoms with Crippen LogP contribution in [0.1, 0.15) is 24.5 Å². The lowest BCUT2D eigenvalue weighted by Gasteiger charge is -2.06. The van der Waals surface area contributed by atoms with Gasteiger partial charge in [0.05, 0.1) is 11.9 Å². The smallest absolute Gasteiger partial charge is 0.230 e. The first kappa shape index (κ1) is 15.1. The van der Waals surface area contributed by atoms with E-state index in [0.29, 0.717) is 18.7 Å². The van der Waals surface area contributed by atoms with Gasteiger partial charge in [0, 0.05) is 12.3 Å². The molecule has 0 heterocycles. The van der Waals surface area contributed by atoms with E-state index in [1.165, 1.54) is 11.1 Å². The van der Waals surface area contributed by atoms with Gasteiger partial charge in [-0.3, -0.25) is 4.79 Å². The van der Waals surface area contributed by atoms with Gasteiger partial charge in [-0.05, 0) is 25.8 Å². The lowest BCUT2D eigenvalue weighted by molar-refractivity contribution is -0.118. The summed E-state index contributed by atoms with van der Waals surface area (Å²) in [4.78, 5) is 11.5. The Bertz CT molecular complexity index is 363. The summed E-state index contributed by atoms with van der Waals surface area (Å²) in [6, 6.07) is 8.35. The maximum atomic E-state index is 11.5. The Morgan fingerprint density at radius 1 is 1.39 bits per heavy atom. The molecule has 0 spiro atoms. The predicted molar refractivity (Wildman–Crippen MR) is 76.6 cm³/mol. The maximum Gasteiger partial charge on any atom is 0.230 e. The van der Waals surface area contributed by atoms with Gasteiger partial charge in [-0.15, -0.1) is 11.8 Å². The lowest BCUT2D eigenvalue weighted by atomic mass is 10.2. The second-order valence-corrected chi connectivity index (χ2v) is 5.45. The number of benzene rings is 1. The van der Waals surface area contributed by atoms with Gasteiger partial charge in [0.25, 0.3) is 0 Å². The molecule has 0 bridgehead atoms. The number of thioether (sulfide) groups is 1. The van der Waals surface area contributed by atoms with Crippen molar-refractivity contribution in [3.8, 4) is 0 Å². The molecule has 1 unspecified atom stereocenters. The minimum absolute atomic E-state index is 0.0350. The minimum Gasteiger partial charge on any atom is -0.393 e. The average molecular weight is 267 g/mol. The van der Waals surface area contributed by atoms with Crippen LogP contribution < -0.4 is 5.32 Å². The quantitative estimate of drug-likeness (QED) is 0.795. The average Bonchev–Trinajstić information content (AvgIpc) is 2.31. The molecule has 0 saturated heterocycles. The Hall–Kier alpha value is -1.00. The molecule has 0 radical (unpaired) electrons. The minimum atomic E-state index is -0.356. The summed E-state index contributed by atoms with van der Waals surface area (Å²) in [5, 5.41) is 11.8. The molecule has 0 aliphatic rings. The summed E-state index contributed by atoms with van der Waals surface area (Å²) >= 11 is 1.60. The fourth-order valence-corrected chi connectivity index (χ4v) is 2.24. The third-order valence-corrected chi connectivity index (χ3v) is 3.51. The monoisotopic (exact) mass is 267 g/mol. The summed E-state index contributed by atoms with van der Waals surface area (Å²) in [5.41, 5.74) is 2.49. The zero-order valence-corrected chi connectivity index (χ0v) is 11.8. The molecule has 1 atom stereocenters. The highest BCUT2D eigenvalue weighted by Crippen LogP contribution is 2.12. The van der Waals surface area contributed by atoms with Crippen LogP contribution in [0.15, 0.2) is 24.3 Å². The van der Waals surface area contributed by atoms with Gasteiger partial charge in [-0.1, -0.05) is 29.8 Å². The SMILES string of the molecule is Cc1ccc(CSCC(=O)NCCC(C)O)cc1. The summed E-state index contributed by atoms with van der Waals surface area (Å²) in [5.74, 6) is 1.35. The van der Waals surface area contributed by atoms with E-state index in [2.05, 4.69) is 36.5 Å². The summed E-state index contributed by atoms with van der Waals surface area (Å²) in [6.45, 7) is 4.33. The number of carbonyl (C=O) groups is 1. The van der Waals surface area contributed by atoms with E-state index in [1.54, 1.807) is 18.7 Å². The number of aryl methyl sites for hydroxylation is 1. The van der Waals surface area contributed by atoms with Crippen LogP contribution in [0.3, 0.4) is 0 Å². The first-order valence-electron chi connectivity index (χ1n) is 6.16. The van der Waals surface area contributed by atoms with E-state index < -0.39 is 0 Å². The Labute approximate surface area is 113 Å². The third-order valence-electron chi connectivity index (χ3n) is 2.51. The topological polar surface area (TPSA) is 49.3 Å². The van der Waals surface area contributed by atoms with Gasteiger partial charge in [-0.25, -0.2) is 0 Å². The molecule has 1 amide bonds. The molecule has 0 aromatic heterocycles. The van der Waals surface area contributed by atoms with Crippen molar-refractivity contribution in [3.63, 3.8) is 0 Å². The molecule has 1 rings (SSSR count). The Balaban J connectivity index is 2.13. The molecule has 100 valence electrons. The van der Waals surface area contributed by atoms with Crippen molar-refractivity contribution in [1.82, 2.24) is 5.32 Å². The zero-order chi connectivity index (χ0) is 13.4. The molecule has 1 aromatic rings. The van der Waals surface area contributed by atoms with Crippen LogP contribution in [-0.4, -0.2) is 29.4 Å². The largest absolute Gasteiger partial charge is 0.393 e. The summed E-state index contributed by atoms with van der Waals surface area (Å²) in [7, 11) is 0. The van der Waals surface area contributed by atoms with Gasteiger partial charge in [0.2, 0.25) is 5.91 Å². The molecule has 0 fully saturated rings. The van der Waals surface area contributed by atoms with Crippen LogP contribution in [0.25, 0.3) is 0 Å². The van der Waals surface area contributed by atoms with Crippen molar-refractivity contribution in [2.24, 2.45) is 0 Å². The molecule has 0 aliphatic heterocycles. The molecule has 0 aliphatic carbocycles. The number of aliphatic hydroxyl groups excluding tert-OH is 1. The molecule has 3 nitrogen and oxygen atoms in total. The van der Waals surface area contributed by atoms with Gasteiger partial charge >= 0.3 is 0 Å². The highest BCUT2D eigenvalue weighted by molar-refractivity contribution is 7.99. The zero-order valence-electron chi connectivity index (χ0n) is 11.0. The first-order valence-corrected chi connectivity index (χ1v) is 7.31. The van der Waals surface area contributed by atoms with E-state index in [4.69, 9.17) is 5.11 Å². The summed E-state index contributed by atoms with van der Waals surface area (Å²) in [6.07, 6.45) is 0.250. The normalized spacial score (nSPS) is 12.2. The molecule has 18 heavy (non-hydrogen) atoms. The number of rotatable bonds is 7. The first-order chi connectivity index (χ1) is 8.58. The second-order valence-electron chi connectivity index (χ2n) is 4.47. The Morgan fingerprint density at radius 2 is 2.06 bits per heavy atom. The van der Waals surface area contributed by atoms with Gasteiger partial charge in [-0.2, -0.15) is 0 Å². The van der Waals surface area contributed by atoms with Crippen molar-refractivity contribution in [3.05, 3.63) is 35.4 Å². The van der Waals surface area contributed by atoms with Crippen LogP contribution in [0, 0.1) is 6.92 Å². The second kappa shape index (κ2) is 8.16. The van der Waals surface area contributed by atoms with E-state index in [1.807, 2.05) is 0 Å². The molecule has 1 aromatic carbocycles. The van der Waals surface area contributed by atoms with Crippen molar-refractivity contribution < 1.29 is 9.90 Å². The number of nitrogens with one attached hydrogen (secondary N) is 1.